The summed E-state index contributed by atoms with van der Waals surface area (Å²) >= 11 is 0. The molecule has 5 heteroatoms. The summed E-state index contributed by atoms with van der Waals surface area (Å²) in [6.07, 6.45) is 8.51. The van der Waals surface area contributed by atoms with Crippen LogP contribution in [0.2, 0.25) is 0 Å². The molecule has 2 aliphatic heterocycles. The molecule has 1 saturated heterocycles. The third-order valence-corrected chi connectivity index (χ3v) is 6.03. The van der Waals surface area contributed by atoms with Crippen molar-refractivity contribution in [3.8, 4) is 0 Å². The minimum Gasteiger partial charge on any atom is -0.335 e. The number of imide groups is 1. The lowest BCUT2D eigenvalue weighted by Gasteiger charge is -2.44. The van der Waals surface area contributed by atoms with Crippen molar-refractivity contribution < 1.29 is 14.4 Å². The Kier molecular flexibility index (Phi) is 4.39. The van der Waals surface area contributed by atoms with Crippen LogP contribution in [0.5, 0.6) is 0 Å². The van der Waals surface area contributed by atoms with Gasteiger partial charge in [0.15, 0.2) is 0 Å². The first kappa shape index (κ1) is 17.0. The predicted octanol–water partition coefficient (Wildman–Crippen LogP) is 3.26. The van der Waals surface area contributed by atoms with Crippen molar-refractivity contribution in [1.82, 2.24) is 9.80 Å². The molecule has 0 spiro atoms. The Bertz CT molecular complexity index is 783. The molecule has 0 unspecified atom stereocenters. The van der Waals surface area contributed by atoms with Crippen molar-refractivity contribution >= 4 is 17.7 Å². The number of hydrogen-bond acceptors (Lipinski definition) is 3. The molecule has 1 aromatic rings. The molecular weight excluding hydrogens is 328 g/mol. The SMILES string of the molecule is C=CCN1C(=O)c2ccc(C(=O)N3CCC[C@@H]4CCCC[C@@H]43)cc2C1=O. The van der Waals surface area contributed by atoms with E-state index >= 15 is 0 Å². The van der Waals surface area contributed by atoms with E-state index in [2.05, 4.69) is 6.58 Å². The van der Waals surface area contributed by atoms with Crippen molar-refractivity contribution in [3.63, 3.8) is 0 Å². The molecule has 136 valence electrons. The fourth-order valence-corrected chi connectivity index (χ4v) is 4.76. The summed E-state index contributed by atoms with van der Waals surface area (Å²) in [4.78, 5) is 41.2. The molecule has 1 aliphatic carbocycles. The molecule has 0 bridgehead atoms. The Morgan fingerprint density at radius 2 is 1.81 bits per heavy atom. The van der Waals surface area contributed by atoms with Gasteiger partial charge in [-0.05, 0) is 49.8 Å². The highest BCUT2D eigenvalue weighted by atomic mass is 16.2. The number of rotatable bonds is 3. The number of likely N-dealkylation sites (tertiary alicyclic amines) is 1. The van der Waals surface area contributed by atoms with Gasteiger partial charge in [0.1, 0.15) is 0 Å². The Balaban J connectivity index is 1.61. The second kappa shape index (κ2) is 6.71. The van der Waals surface area contributed by atoms with Gasteiger partial charge in [-0.1, -0.05) is 18.9 Å². The quantitative estimate of drug-likeness (QED) is 0.620. The summed E-state index contributed by atoms with van der Waals surface area (Å²) in [6.45, 7) is 4.56. The van der Waals surface area contributed by atoms with Gasteiger partial charge < -0.3 is 4.90 Å². The third-order valence-electron chi connectivity index (χ3n) is 6.03. The van der Waals surface area contributed by atoms with Crippen LogP contribution in [0.25, 0.3) is 0 Å². The minimum absolute atomic E-state index is 0.00757. The minimum atomic E-state index is -0.339. The lowest BCUT2D eigenvalue weighted by atomic mass is 9.78. The van der Waals surface area contributed by atoms with Gasteiger partial charge in [0.05, 0.1) is 11.1 Å². The number of carbonyl (C=O) groups is 3. The van der Waals surface area contributed by atoms with Crippen LogP contribution in [0.1, 0.15) is 69.6 Å². The van der Waals surface area contributed by atoms with Crippen LogP contribution in [0, 0.1) is 5.92 Å². The number of amides is 3. The van der Waals surface area contributed by atoms with E-state index in [1.54, 1.807) is 18.2 Å². The zero-order valence-corrected chi connectivity index (χ0v) is 14.9. The molecule has 0 radical (unpaired) electrons. The Morgan fingerprint density at radius 3 is 2.62 bits per heavy atom. The maximum absolute atomic E-state index is 13.1. The lowest BCUT2D eigenvalue weighted by Crippen LogP contribution is -2.49. The zero-order chi connectivity index (χ0) is 18.3. The van der Waals surface area contributed by atoms with Gasteiger partial charge in [0, 0.05) is 24.7 Å². The summed E-state index contributed by atoms with van der Waals surface area (Å²) < 4.78 is 0. The highest BCUT2D eigenvalue weighted by Crippen LogP contribution is 2.36. The van der Waals surface area contributed by atoms with Crippen LogP contribution in [-0.2, 0) is 0 Å². The van der Waals surface area contributed by atoms with E-state index < -0.39 is 0 Å². The first-order valence-corrected chi connectivity index (χ1v) is 9.54. The van der Waals surface area contributed by atoms with Crippen LogP contribution >= 0.6 is 0 Å². The van der Waals surface area contributed by atoms with Gasteiger partial charge in [-0.2, -0.15) is 0 Å². The maximum Gasteiger partial charge on any atom is 0.261 e. The van der Waals surface area contributed by atoms with Crippen molar-refractivity contribution in [2.75, 3.05) is 13.1 Å². The highest BCUT2D eigenvalue weighted by Gasteiger charge is 2.38. The summed E-state index contributed by atoms with van der Waals surface area (Å²) in [5.74, 6) is -0.0445. The third kappa shape index (κ3) is 2.66. The van der Waals surface area contributed by atoms with Crippen molar-refractivity contribution in [1.29, 1.82) is 0 Å². The number of hydrogen-bond donors (Lipinski definition) is 0. The molecule has 26 heavy (non-hydrogen) atoms. The molecule has 3 amide bonds. The van der Waals surface area contributed by atoms with E-state index in [0.717, 1.165) is 19.4 Å². The Hall–Kier alpha value is -2.43. The molecule has 2 atom stereocenters. The summed E-state index contributed by atoms with van der Waals surface area (Å²) in [5.41, 5.74) is 1.22. The number of piperidine rings is 1. The van der Waals surface area contributed by atoms with E-state index in [9.17, 15) is 14.4 Å². The summed E-state index contributed by atoms with van der Waals surface area (Å²) in [6, 6.07) is 5.24. The van der Waals surface area contributed by atoms with Gasteiger partial charge in [-0.25, -0.2) is 0 Å². The molecule has 5 nitrogen and oxygen atoms in total. The van der Waals surface area contributed by atoms with Gasteiger partial charge in [0.2, 0.25) is 0 Å². The smallest absolute Gasteiger partial charge is 0.261 e. The number of nitrogens with zero attached hydrogens (tertiary/aromatic N) is 2. The second-order valence-corrected chi connectivity index (χ2v) is 7.52. The van der Waals surface area contributed by atoms with Crippen molar-refractivity contribution in [2.45, 2.75) is 44.6 Å². The molecule has 0 aromatic heterocycles. The zero-order valence-electron chi connectivity index (χ0n) is 14.9. The van der Waals surface area contributed by atoms with Gasteiger partial charge in [-0.15, -0.1) is 6.58 Å². The van der Waals surface area contributed by atoms with Crippen LogP contribution in [-0.4, -0.2) is 46.7 Å². The normalized spacial score (nSPS) is 25.1. The van der Waals surface area contributed by atoms with E-state index in [0.29, 0.717) is 28.7 Å². The lowest BCUT2D eigenvalue weighted by molar-refractivity contribution is 0.0390. The second-order valence-electron chi connectivity index (χ2n) is 7.52. The molecule has 2 fully saturated rings. The van der Waals surface area contributed by atoms with Crippen molar-refractivity contribution in [2.24, 2.45) is 5.92 Å². The van der Waals surface area contributed by atoms with Crippen LogP contribution in [0.3, 0.4) is 0 Å². The topological polar surface area (TPSA) is 57.7 Å². The fraction of sp³-hybridized carbons (Fsp3) is 0.476. The first-order valence-electron chi connectivity index (χ1n) is 9.54. The average Bonchev–Trinajstić information content (AvgIpc) is 2.92. The first-order chi connectivity index (χ1) is 12.6. The Morgan fingerprint density at radius 1 is 1.08 bits per heavy atom. The molecule has 3 aliphatic rings. The average molecular weight is 352 g/mol. The molecule has 0 N–H and O–H groups in total. The predicted molar refractivity (Wildman–Crippen MR) is 98.0 cm³/mol. The van der Waals surface area contributed by atoms with Crippen LogP contribution < -0.4 is 0 Å². The van der Waals surface area contributed by atoms with E-state index in [-0.39, 0.29) is 24.3 Å². The standard InChI is InChI=1S/C21H24N2O3/c1-2-11-23-20(25)16-10-9-15(13-17(16)21(23)26)19(24)22-12-5-7-14-6-3-4-8-18(14)22/h2,9-10,13-14,18H,1,3-8,11-12H2/t14-,18-/m0/s1. The van der Waals surface area contributed by atoms with Gasteiger partial charge in [-0.3, -0.25) is 19.3 Å². The van der Waals surface area contributed by atoms with Crippen LogP contribution in [0.4, 0.5) is 0 Å². The highest BCUT2D eigenvalue weighted by molar-refractivity contribution is 6.22. The maximum atomic E-state index is 13.1. The monoisotopic (exact) mass is 352 g/mol. The summed E-state index contributed by atoms with van der Waals surface area (Å²) in [7, 11) is 0. The fourth-order valence-electron chi connectivity index (χ4n) is 4.76. The van der Waals surface area contributed by atoms with E-state index in [1.165, 1.54) is 36.7 Å². The number of carbonyl (C=O) groups excluding carboxylic acids is 3. The largest absolute Gasteiger partial charge is 0.335 e. The summed E-state index contributed by atoms with van der Waals surface area (Å²) in [5, 5.41) is 0. The Labute approximate surface area is 153 Å². The molecule has 2 heterocycles. The number of benzene rings is 1. The molecule has 1 aromatic carbocycles. The molecule has 1 saturated carbocycles. The number of fused-ring (bicyclic) bond motifs is 2. The van der Waals surface area contributed by atoms with E-state index in [1.807, 2.05) is 4.90 Å². The van der Waals surface area contributed by atoms with Crippen LogP contribution in [0.15, 0.2) is 30.9 Å². The van der Waals surface area contributed by atoms with Gasteiger partial charge in [0.25, 0.3) is 17.7 Å². The molecular formula is C21H24N2O3. The van der Waals surface area contributed by atoms with E-state index in [4.69, 9.17) is 0 Å². The van der Waals surface area contributed by atoms with Gasteiger partial charge >= 0.3 is 0 Å². The molecule has 4 rings (SSSR count). The van der Waals surface area contributed by atoms with Crippen molar-refractivity contribution in [3.05, 3.63) is 47.5 Å².